The molecule has 0 unspecified atom stereocenters. The zero-order valence-electron chi connectivity index (χ0n) is 14.5. The Labute approximate surface area is 144 Å². The fourth-order valence-electron chi connectivity index (χ4n) is 2.81. The SMILES string of the molecule is Cc1cc(C)c(C)c(S(=O)(=O)N(CCC#N)c2ccccc2)c1C. The number of hydrogen-bond donors (Lipinski definition) is 0. The molecule has 0 fully saturated rings. The Morgan fingerprint density at radius 2 is 1.54 bits per heavy atom. The summed E-state index contributed by atoms with van der Waals surface area (Å²) in [4.78, 5) is 0.349. The summed E-state index contributed by atoms with van der Waals surface area (Å²) in [6.45, 7) is 7.64. The monoisotopic (exact) mass is 342 g/mol. The predicted molar refractivity (Wildman–Crippen MR) is 96.6 cm³/mol. The summed E-state index contributed by atoms with van der Waals surface area (Å²) in [5.41, 5.74) is 3.99. The van der Waals surface area contributed by atoms with Gasteiger partial charge >= 0.3 is 0 Å². The van der Waals surface area contributed by atoms with E-state index in [1.165, 1.54) is 4.31 Å². The lowest BCUT2D eigenvalue weighted by atomic mass is 10.0. The second-order valence-electron chi connectivity index (χ2n) is 5.91. The van der Waals surface area contributed by atoms with E-state index in [2.05, 4.69) is 0 Å². The Balaban J connectivity index is 2.68. The van der Waals surface area contributed by atoms with E-state index in [0.29, 0.717) is 10.6 Å². The van der Waals surface area contributed by atoms with E-state index in [1.807, 2.05) is 45.9 Å². The molecule has 0 saturated carbocycles. The number of anilines is 1. The van der Waals surface area contributed by atoms with Crippen molar-refractivity contribution in [1.82, 2.24) is 0 Å². The lowest BCUT2D eigenvalue weighted by Gasteiger charge is -2.26. The smallest absolute Gasteiger partial charge is 0.264 e. The zero-order valence-corrected chi connectivity index (χ0v) is 15.3. The molecule has 2 aromatic carbocycles. The lowest BCUT2D eigenvalue weighted by Crippen LogP contribution is -2.33. The number of hydrogen-bond acceptors (Lipinski definition) is 3. The van der Waals surface area contributed by atoms with Gasteiger partial charge in [-0.05, 0) is 62.1 Å². The van der Waals surface area contributed by atoms with E-state index in [1.54, 1.807) is 24.3 Å². The first-order chi connectivity index (χ1) is 11.3. The van der Waals surface area contributed by atoms with Crippen molar-refractivity contribution >= 4 is 15.7 Å². The van der Waals surface area contributed by atoms with Crippen LogP contribution in [0.4, 0.5) is 5.69 Å². The summed E-state index contributed by atoms with van der Waals surface area (Å²) in [6.07, 6.45) is 0.136. The van der Waals surface area contributed by atoms with Crippen molar-refractivity contribution in [2.45, 2.75) is 39.0 Å². The molecular weight excluding hydrogens is 320 g/mol. The summed E-state index contributed by atoms with van der Waals surface area (Å²) in [7, 11) is -3.75. The molecule has 0 spiro atoms. The normalized spacial score (nSPS) is 11.1. The summed E-state index contributed by atoms with van der Waals surface area (Å²) >= 11 is 0. The topological polar surface area (TPSA) is 61.2 Å². The third-order valence-corrected chi connectivity index (χ3v) is 6.42. The van der Waals surface area contributed by atoms with Crippen molar-refractivity contribution in [3.63, 3.8) is 0 Å². The molecule has 0 aromatic heterocycles. The third-order valence-electron chi connectivity index (χ3n) is 4.32. The Kier molecular flexibility index (Phi) is 5.30. The van der Waals surface area contributed by atoms with Gasteiger partial charge in [-0.3, -0.25) is 4.31 Å². The summed E-state index contributed by atoms with van der Waals surface area (Å²) in [6, 6.07) is 13.0. The Hall–Kier alpha value is -2.32. The lowest BCUT2D eigenvalue weighted by molar-refractivity contribution is 0.589. The van der Waals surface area contributed by atoms with Gasteiger partial charge in [0.25, 0.3) is 10.0 Å². The van der Waals surface area contributed by atoms with Crippen molar-refractivity contribution in [3.8, 4) is 6.07 Å². The van der Waals surface area contributed by atoms with Gasteiger partial charge in [-0.15, -0.1) is 0 Å². The van der Waals surface area contributed by atoms with Gasteiger partial charge < -0.3 is 0 Å². The van der Waals surface area contributed by atoms with Crippen molar-refractivity contribution < 1.29 is 8.42 Å². The molecular formula is C19H22N2O2S. The molecule has 0 saturated heterocycles. The largest absolute Gasteiger partial charge is 0.265 e. The fraction of sp³-hybridized carbons (Fsp3) is 0.316. The predicted octanol–water partition coefficient (Wildman–Crippen LogP) is 4.03. The first kappa shape index (κ1) is 18.0. The van der Waals surface area contributed by atoms with Gasteiger partial charge in [-0.25, -0.2) is 8.42 Å². The Morgan fingerprint density at radius 1 is 1.00 bits per heavy atom. The number of nitrogens with zero attached hydrogens (tertiary/aromatic N) is 2. The second kappa shape index (κ2) is 7.06. The second-order valence-corrected chi connectivity index (χ2v) is 7.71. The number of benzene rings is 2. The highest BCUT2D eigenvalue weighted by atomic mass is 32.2. The van der Waals surface area contributed by atoms with Crippen LogP contribution < -0.4 is 4.31 Å². The van der Waals surface area contributed by atoms with E-state index in [9.17, 15) is 8.42 Å². The van der Waals surface area contributed by atoms with Crippen LogP contribution in [0.2, 0.25) is 0 Å². The van der Waals surface area contributed by atoms with Gasteiger partial charge in [0, 0.05) is 6.54 Å². The van der Waals surface area contributed by atoms with Crippen molar-refractivity contribution in [3.05, 3.63) is 58.7 Å². The molecule has 0 aliphatic rings. The average molecular weight is 342 g/mol. The maximum absolute atomic E-state index is 13.4. The van der Waals surface area contributed by atoms with E-state index >= 15 is 0 Å². The molecule has 126 valence electrons. The standard InChI is InChI=1S/C19H22N2O2S/c1-14-13-15(2)17(4)19(16(14)3)24(22,23)21(12-8-11-20)18-9-6-5-7-10-18/h5-7,9-10,13H,8,12H2,1-4H3. The van der Waals surface area contributed by atoms with Crippen LogP contribution in [-0.2, 0) is 10.0 Å². The highest BCUT2D eigenvalue weighted by Gasteiger charge is 2.29. The first-order valence-corrected chi connectivity index (χ1v) is 9.27. The molecule has 24 heavy (non-hydrogen) atoms. The summed E-state index contributed by atoms with van der Waals surface area (Å²) in [5.74, 6) is 0. The number of sulfonamides is 1. The maximum Gasteiger partial charge on any atom is 0.264 e. The minimum Gasteiger partial charge on any atom is -0.265 e. The Bertz CT molecular complexity index is 856. The fourth-order valence-corrected chi connectivity index (χ4v) is 4.86. The summed E-state index contributed by atoms with van der Waals surface area (Å²) < 4.78 is 28.1. The average Bonchev–Trinajstić information content (AvgIpc) is 2.54. The molecule has 2 aromatic rings. The van der Waals surface area contributed by atoms with Crippen LogP contribution in [0.1, 0.15) is 28.7 Å². The third kappa shape index (κ3) is 3.29. The van der Waals surface area contributed by atoms with Gasteiger partial charge in [0.05, 0.1) is 23.1 Å². The number of nitriles is 1. The van der Waals surface area contributed by atoms with Crippen LogP contribution in [0, 0.1) is 39.0 Å². The van der Waals surface area contributed by atoms with Gasteiger partial charge in [0.1, 0.15) is 0 Å². The van der Waals surface area contributed by atoms with E-state index < -0.39 is 10.0 Å². The number of aryl methyl sites for hydroxylation is 2. The minimum atomic E-state index is -3.75. The molecule has 5 heteroatoms. The van der Waals surface area contributed by atoms with E-state index in [4.69, 9.17) is 5.26 Å². The van der Waals surface area contributed by atoms with Crippen LogP contribution >= 0.6 is 0 Å². The first-order valence-electron chi connectivity index (χ1n) is 7.83. The molecule has 0 atom stereocenters. The van der Waals surface area contributed by atoms with E-state index in [-0.39, 0.29) is 13.0 Å². The zero-order chi connectivity index (χ0) is 17.9. The van der Waals surface area contributed by atoms with E-state index in [0.717, 1.165) is 22.3 Å². The van der Waals surface area contributed by atoms with Crippen LogP contribution in [0.25, 0.3) is 0 Å². The molecule has 0 aliphatic carbocycles. The highest BCUT2D eigenvalue weighted by Crippen LogP contribution is 2.31. The summed E-state index contributed by atoms with van der Waals surface area (Å²) in [5, 5.41) is 8.92. The maximum atomic E-state index is 13.4. The molecule has 0 amide bonds. The van der Waals surface area contributed by atoms with Crippen LogP contribution in [0.3, 0.4) is 0 Å². The van der Waals surface area contributed by atoms with Crippen LogP contribution in [-0.4, -0.2) is 15.0 Å². The van der Waals surface area contributed by atoms with Gasteiger partial charge in [-0.2, -0.15) is 5.26 Å². The Morgan fingerprint density at radius 3 is 2.04 bits per heavy atom. The van der Waals surface area contributed by atoms with Gasteiger partial charge in [-0.1, -0.05) is 24.3 Å². The quantitative estimate of drug-likeness (QED) is 0.824. The molecule has 0 radical (unpaired) electrons. The number of para-hydroxylation sites is 1. The van der Waals surface area contributed by atoms with Crippen molar-refractivity contribution in [2.75, 3.05) is 10.8 Å². The van der Waals surface area contributed by atoms with Crippen molar-refractivity contribution in [1.29, 1.82) is 5.26 Å². The molecule has 4 nitrogen and oxygen atoms in total. The molecule has 2 rings (SSSR count). The molecule has 0 heterocycles. The van der Waals surface area contributed by atoms with Gasteiger partial charge in [0.15, 0.2) is 0 Å². The van der Waals surface area contributed by atoms with Crippen LogP contribution in [0.5, 0.6) is 0 Å². The highest BCUT2D eigenvalue weighted by molar-refractivity contribution is 7.93. The number of rotatable bonds is 5. The molecule has 0 bridgehead atoms. The molecule has 0 aliphatic heterocycles. The van der Waals surface area contributed by atoms with Crippen LogP contribution in [0.15, 0.2) is 41.3 Å². The van der Waals surface area contributed by atoms with Crippen molar-refractivity contribution in [2.24, 2.45) is 0 Å². The van der Waals surface area contributed by atoms with Gasteiger partial charge in [0.2, 0.25) is 0 Å². The molecule has 0 N–H and O–H groups in total. The minimum absolute atomic E-state index is 0.134.